The van der Waals surface area contributed by atoms with Gasteiger partial charge in [0.25, 0.3) is 5.91 Å². The van der Waals surface area contributed by atoms with E-state index < -0.39 is 23.7 Å². The predicted octanol–water partition coefficient (Wildman–Crippen LogP) is 4.09. The number of rotatable bonds is 4. The molecule has 3 aromatic rings. The molecule has 0 radical (unpaired) electrons. The zero-order valence-electron chi connectivity index (χ0n) is 14.6. The average molecular weight is 431 g/mol. The van der Waals surface area contributed by atoms with Gasteiger partial charge in [0.2, 0.25) is 0 Å². The molecule has 1 amide bonds. The minimum atomic E-state index is -0.959. The fraction of sp³-hybridized carbons (Fsp3) is 0.150. The molecule has 0 spiro atoms. The van der Waals surface area contributed by atoms with Crippen LogP contribution in [0.3, 0.4) is 0 Å². The van der Waals surface area contributed by atoms with Crippen LogP contribution >= 0.6 is 15.9 Å². The summed E-state index contributed by atoms with van der Waals surface area (Å²) in [5, 5.41) is 3.32. The first-order valence-electron chi connectivity index (χ1n) is 8.10. The molecule has 1 heterocycles. The molecule has 0 saturated heterocycles. The first-order chi connectivity index (χ1) is 12.9. The second kappa shape index (κ2) is 7.84. The fourth-order valence-corrected chi connectivity index (χ4v) is 2.99. The highest BCUT2D eigenvalue weighted by Crippen LogP contribution is 2.21. The van der Waals surface area contributed by atoms with Crippen molar-refractivity contribution in [2.24, 2.45) is 0 Å². The molecule has 1 aromatic heterocycles. The highest BCUT2D eigenvalue weighted by molar-refractivity contribution is 9.10. The molecule has 138 valence electrons. The second-order valence-electron chi connectivity index (χ2n) is 5.94. The Hall–Kier alpha value is -2.80. The number of amides is 1. The van der Waals surface area contributed by atoms with Crippen LogP contribution in [0.5, 0.6) is 0 Å². The molecule has 0 fully saturated rings. The van der Waals surface area contributed by atoms with Crippen LogP contribution in [0.15, 0.2) is 53.0 Å². The van der Waals surface area contributed by atoms with Gasteiger partial charge in [0.1, 0.15) is 5.82 Å². The lowest BCUT2D eigenvalue weighted by Gasteiger charge is -2.18. The summed E-state index contributed by atoms with van der Waals surface area (Å²) in [5.74, 6) is -1.45. The number of carbonyl (C=O) groups is 2. The van der Waals surface area contributed by atoms with Gasteiger partial charge >= 0.3 is 5.97 Å². The third-order valence-electron chi connectivity index (χ3n) is 4.13. The largest absolute Gasteiger partial charge is 0.467 e. The average Bonchev–Trinajstić information content (AvgIpc) is 2.65. The van der Waals surface area contributed by atoms with Crippen molar-refractivity contribution < 1.29 is 18.7 Å². The lowest BCUT2D eigenvalue weighted by molar-refractivity contribution is -0.143. The van der Waals surface area contributed by atoms with Gasteiger partial charge in [0.05, 0.1) is 23.9 Å². The normalized spacial score (nSPS) is 11.9. The van der Waals surface area contributed by atoms with Crippen molar-refractivity contribution in [2.45, 2.75) is 13.0 Å². The Morgan fingerprint density at radius 2 is 1.85 bits per heavy atom. The molecule has 2 aromatic carbocycles. The maximum absolute atomic E-state index is 13.4. The summed E-state index contributed by atoms with van der Waals surface area (Å²) in [7, 11) is 1.26. The van der Waals surface area contributed by atoms with Crippen molar-refractivity contribution in [3.8, 4) is 0 Å². The Kier molecular flexibility index (Phi) is 5.51. The molecule has 5 nitrogen and oxygen atoms in total. The van der Waals surface area contributed by atoms with Gasteiger partial charge in [-0.05, 0) is 42.8 Å². The van der Waals surface area contributed by atoms with Crippen LogP contribution < -0.4 is 5.32 Å². The number of fused-ring (bicyclic) bond motifs is 1. The van der Waals surface area contributed by atoms with Crippen LogP contribution in [-0.2, 0) is 9.53 Å². The lowest BCUT2D eigenvalue weighted by Crippen LogP contribution is -2.35. The van der Waals surface area contributed by atoms with Crippen molar-refractivity contribution in [3.63, 3.8) is 0 Å². The molecule has 0 bridgehead atoms. The Labute approximate surface area is 163 Å². The SMILES string of the molecule is COC(=O)[C@H](NC(=O)c1cc2ccc(F)cc2nc1C)c1ccc(Br)cc1. The predicted molar refractivity (Wildman–Crippen MR) is 103 cm³/mol. The zero-order valence-corrected chi connectivity index (χ0v) is 16.2. The number of pyridine rings is 1. The molecule has 27 heavy (non-hydrogen) atoms. The summed E-state index contributed by atoms with van der Waals surface area (Å²) in [4.78, 5) is 29.3. The van der Waals surface area contributed by atoms with E-state index in [9.17, 15) is 14.0 Å². The van der Waals surface area contributed by atoms with Crippen LogP contribution in [-0.4, -0.2) is 24.0 Å². The molecular formula is C20H16BrFN2O3. The van der Waals surface area contributed by atoms with E-state index in [4.69, 9.17) is 4.74 Å². The number of ether oxygens (including phenoxy) is 1. The van der Waals surface area contributed by atoms with Gasteiger partial charge < -0.3 is 10.1 Å². The van der Waals surface area contributed by atoms with E-state index >= 15 is 0 Å². The van der Waals surface area contributed by atoms with E-state index in [0.717, 1.165) is 4.47 Å². The molecular weight excluding hydrogens is 415 g/mol. The third kappa shape index (κ3) is 4.14. The first-order valence-corrected chi connectivity index (χ1v) is 8.89. The van der Waals surface area contributed by atoms with Crippen LogP contribution in [0.1, 0.15) is 27.7 Å². The molecule has 0 aliphatic heterocycles. The summed E-state index contributed by atoms with van der Waals surface area (Å²) in [6.45, 7) is 1.66. The molecule has 0 aliphatic rings. The van der Waals surface area contributed by atoms with Gasteiger partial charge in [-0.3, -0.25) is 9.78 Å². The van der Waals surface area contributed by atoms with Gasteiger partial charge in [-0.15, -0.1) is 0 Å². The van der Waals surface area contributed by atoms with E-state index in [0.29, 0.717) is 27.7 Å². The lowest BCUT2D eigenvalue weighted by atomic mass is 10.0. The highest BCUT2D eigenvalue weighted by Gasteiger charge is 2.25. The molecule has 1 atom stereocenters. The maximum atomic E-state index is 13.4. The third-order valence-corrected chi connectivity index (χ3v) is 4.66. The number of aryl methyl sites for hydroxylation is 1. The number of nitrogens with zero attached hydrogens (tertiary/aromatic N) is 1. The summed E-state index contributed by atoms with van der Waals surface area (Å²) in [6.07, 6.45) is 0. The Balaban J connectivity index is 1.94. The number of esters is 1. The number of benzene rings is 2. The van der Waals surface area contributed by atoms with Crippen molar-refractivity contribution in [2.75, 3.05) is 7.11 Å². The summed E-state index contributed by atoms with van der Waals surface area (Å²) in [6, 6.07) is 11.8. The number of halogens is 2. The Morgan fingerprint density at radius 3 is 2.52 bits per heavy atom. The highest BCUT2D eigenvalue weighted by atomic mass is 79.9. The molecule has 0 saturated carbocycles. The van der Waals surface area contributed by atoms with Crippen LogP contribution in [0, 0.1) is 12.7 Å². The van der Waals surface area contributed by atoms with E-state index in [1.807, 2.05) is 0 Å². The van der Waals surface area contributed by atoms with Gasteiger partial charge in [-0.1, -0.05) is 28.1 Å². The molecule has 0 aliphatic carbocycles. The molecule has 3 rings (SSSR count). The van der Waals surface area contributed by atoms with E-state index in [1.165, 1.54) is 19.2 Å². The number of hydrogen-bond acceptors (Lipinski definition) is 4. The molecule has 7 heteroatoms. The number of hydrogen-bond donors (Lipinski definition) is 1. The number of aromatic nitrogens is 1. The minimum absolute atomic E-state index is 0.306. The monoisotopic (exact) mass is 430 g/mol. The van der Waals surface area contributed by atoms with E-state index in [2.05, 4.69) is 26.2 Å². The van der Waals surface area contributed by atoms with Crippen LogP contribution in [0.25, 0.3) is 10.9 Å². The number of nitrogens with one attached hydrogen (secondary N) is 1. The van der Waals surface area contributed by atoms with Crippen LogP contribution in [0.2, 0.25) is 0 Å². The van der Waals surface area contributed by atoms with Crippen molar-refractivity contribution >= 4 is 38.7 Å². The molecule has 0 unspecified atom stereocenters. The van der Waals surface area contributed by atoms with Crippen LogP contribution in [0.4, 0.5) is 4.39 Å². The topological polar surface area (TPSA) is 68.3 Å². The fourth-order valence-electron chi connectivity index (χ4n) is 2.73. The van der Waals surface area contributed by atoms with E-state index in [1.54, 1.807) is 43.3 Å². The summed E-state index contributed by atoms with van der Waals surface area (Å²) >= 11 is 3.34. The number of methoxy groups -OCH3 is 1. The Bertz CT molecular complexity index is 1020. The maximum Gasteiger partial charge on any atom is 0.333 e. The summed E-state index contributed by atoms with van der Waals surface area (Å²) in [5.41, 5.74) is 1.79. The summed E-state index contributed by atoms with van der Waals surface area (Å²) < 4.78 is 19.0. The van der Waals surface area contributed by atoms with Crippen molar-refractivity contribution in [1.29, 1.82) is 0 Å². The first kappa shape index (κ1) is 19.0. The van der Waals surface area contributed by atoms with Gasteiger partial charge in [0, 0.05) is 15.9 Å². The minimum Gasteiger partial charge on any atom is -0.467 e. The smallest absolute Gasteiger partial charge is 0.333 e. The zero-order chi connectivity index (χ0) is 19.6. The Morgan fingerprint density at radius 1 is 1.15 bits per heavy atom. The molecule has 1 N–H and O–H groups in total. The van der Waals surface area contributed by atoms with Gasteiger partial charge in [-0.2, -0.15) is 0 Å². The van der Waals surface area contributed by atoms with E-state index in [-0.39, 0.29) is 0 Å². The van der Waals surface area contributed by atoms with Gasteiger partial charge in [-0.25, -0.2) is 9.18 Å². The standard InChI is InChI=1S/C20H16BrFN2O3/c1-11-16(9-13-5-8-15(22)10-17(13)23-11)19(25)24-18(20(26)27-2)12-3-6-14(21)7-4-12/h3-10,18H,1-2H3,(H,24,25)/t18-/m1/s1. The van der Waals surface area contributed by atoms with Gasteiger partial charge in [0.15, 0.2) is 6.04 Å². The number of carbonyl (C=O) groups excluding carboxylic acids is 2. The quantitative estimate of drug-likeness (QED) is 0.632. The second-order valence-corrected chi connectivity index (χ2v) is 6.86. The van der Waals surface area contributed by atoms with Crippen molar-refractivity contribution in [3.05, 3.63) is 75.6 Å². The van der Waals surface area contributed by atoms with Crippen molar-refractivity contribution in [1.82, 2.24) is 10.3 Å².